The monoisotopic (exact) mass is 314 g/mol. The molecule has 2 aromatic rings. The Morgan fingerprint density at radius 3 is 2.96 bits per heavy atom. The molecule has 23 heavy (non-hydrogen) atoms. The van der Waals surface area contributed by atoms with E-state index in [0.717, 1.165) is 48.9 Å². The molecule has 0 radical (unpaired) electrons. The molecule has 1 fully saturated rings. The third kappa shape index (κ3) is 3.58. The molecule has 124 valence electrons. The Balaban J connectivity index is 1.83. The summed E-state index contributed by atoms with van der Waals surface area (Å²) in [6, 6.07) is 4.31. The van der Waals surface area contributed by atoms with Crippen LogP contribution < -0.4 is 4.74 Å². The van der Waals surface area contributed by atoms with Gasteiger partial charge in [-0.2, -0.15) is 0 Å². The predicted octanol–water partition coefficient (Wildman–Crippen LogP) is 3.99. The highest BCUT2D eigenvalue weighted by Gasteiger charge is 2.17. The van der Waals surface area contributed by atoms with Crippen LogP contribution in [0, 0.1) is 19.8 Å². The van der Waals surface area contributed by atoms with Crippen molar-refractivity contribution >= 4 is 0 Å². The minimum absolute atomic E-state index is 0.667. The molecule has 0 bridgehead atoms. The predicted molar refractivity (Wildman–Crippen MR) is 91.8 cm³/mol. The van der Waals surface area contributed by atoms with Crippen molar-refractivity contribution < 1.29 is 9.47 Å². The minimum Gasteiger partial charge on any atom is -0.496 e. The summed E-state index contributed by atoms with van der Waals surface area (Å²) in [5.74, 6) is 2.58. The number of rotatable bonds is 5. The van der Waals surface area contributed by atoms with Gasteiger partial charge < -0.3 is 14.0 Å². The maximum Gasteiger partial charge on any atom is 0.143 e. The van der Waals surface area contributed by atoms with Gasteiger partial charge >= 0.3 is 0 Å². The van der Waals surface area contributed by atoms with Gasteiger partial charge in [0, 0.05) is 32.2 Å². The van der Waals surface area contributed by atoms with Crippen LogP contribution >= 0.6 is 0 Å². The van der Waals surface area contributed by atoms with Crippen LogP contribution in [0.25, 0.3) is 11.4 Å². The summed E-state index contributed by atoms with van der Waals surface area (Å²) in [5, 5.41) is 0. The summed E-state index contributed by atoms with van der Waals surface area (Å²) in [7, 11) is 1.73. The average Bonchev–Trinajstić information content (AvgIpc) is 3.01. The first-order valence-corrected chi connectivity index (χ1v) is 8.43. The lowest BCUT2D eigenvalue weighted by Gasteiger charge is -2.22. The molecule has 3 rings (SSSR count). The van der Waals surface area contributed by atoms with Gasteiger partial charge in [-0.25, -0.2) is 4.98 Å². The molecule has 0 N–H and O–H groups in total. The molecule has 2 heterocycles. The van der Waals surface area contributed by atoms with Gasteiger partial charge in [-0.05, 0) is 56.2 Å². The number of hydrogen-bond acceptors (Lipinski definition) is 3. The fourth-order valence-corrected chi connectivity index (χ4v) is 3.48. The smallest absolute Gasteiger partial charge is 0.143 e. The number of benzene rings is 1. The molecule has 1 aliphatic heterocycles. The molecule has 1 unspecified atom stereocenters. The maximum atomic E-state index is 5.63. The van der Waals surface area contributed by atoms with E-state index in [1.807, 2.05) is 6.20 Å². The van der Waals surface area contributed by atoms with Crippen LogP contribution in [0.15, 0.2) is 24.5 Å². The SMILES string of the molecule is COc1c(C)cc(C)cc1-c1nccn1CCC1CCCOC1. The van der Waals surface area contributed by atoms with Crippen LogP contribution in [0.4, 0.5) is 0 Å². The Kier molecular flexibility index (Phi) is 5.01. The summed E-state index contributed by atoms with van der Waals surface area (Å²) in [6.07, 6.45) is 7.54. The average molecular weight is 314 g/mol. The summed E-state index contributed by atoms with van der Waals surface area (Å²) < 4.78 is 13.5. The second kappa shape index (κ2) is 7.18. The van der Waals surface area contributed by atoms with Crippen LogP contribution in [-0.4, -0.2) is 29.9 Å². The van der Waals surface area contributed by atoms with Gasteiger partial charge in [0.2, 0.25) is 0 Å². The third-order valence-corrected chi connectivity index (χ3v) is 4.61. The third-order valence-electron chi connectivity index (χ3n) is 4.61. The fraction of sp³-hybridized carbons (Fsp3) is 0.526. The molecular formula is C19H26N2O2. The Hall–Kier alpha value is -1.81. The van der Waals surface area contributed by atoms with Gasteiger partial charge in [0.1, 0.15) is 11.6 Å². The van der Waals surface area contributed by atoms with Crippen LogP contribution in [0.5, 0.6) is 5.75 Å². The zero-order valence-corrected chi connectivity index (χ0v) is 14.3. The number of methoxy groups -OCH3 is 1. The number of hydrogen-bond donors (Lipinski definition) is 0. The normalized spacial score (nSPS) is 18.1. The zero-order valence-electron chi connectivity index (χ0n) is 14.3. The molecule has 0 saturated carbocycles. The van der Waals surface area contributed by atoms with Crippen molar-refractivity contribution in [2.24, 2.45) is 5.92 Å². The van der Waals surface area contributed by atoms with Gasteiger partial charge in [-0.3, -0.25) is 0 Å². The van der Waals surface area contributed by atoms with Gasteiger partial charge in [-0.1, -0.05) is 6.07 Å². The first-order chi connectivity index (χ1) is 11.2. The van der Waals surface area contributed by atoms with Gasteiger partial charge in [0.25, 0.3) is 0 Å². The van der Waals surface area contributed by atoms with Crippen molar-refractivity contribution in [3.63, 3.8) is 0 Å². The summed E-state index contributed by atoms with van der Waals surface area (Å²) in [5.41, 5.74) is 3.46. The molecule has 1 atom stereocenters. The standard InChI is InChI=1S/C19H26N2O2/c1-14-11-15(2)18(22-3)17(12-14)19-20-7-9-21(19)8-6-16-5-4-10-23-13-16/h7,9,11-12,16H,4-6,8,10,13H2,1-3H3. The van der Waals surface area contributed by atoms with Crippen molar-refractivity contribution in [2.75, 3.05) is 20.3 Å². The lowest BCUT2D eigenvalue weighted by Crippen LogP contribution is -2.19. The molecule has 1 aromatic carbocycles. The van der Waals surface area contributed by atoms with Crippen molar-refractivity contribution in [1.29, 1.82) is 0 Å². The lowest BCUT2D eigenvalue weighted by molar-refractivity contribution is 0.0501. The van der Waals surface area contributed by atoms with Crippen LogP contribution in [0.3, 0.4) is 0 Å². The van der Waals surface area contributed by atoms with E-state index in [4.69, 9.17) is 9.47 Å². The quantitative estimate of drug-likeness (QED) is 0.837. The number of aryl methyl sites for hydroxylation is 3. The van der Waals surface area contributed by atoms with E-state index in [-0.39, 0.29) is 0 Å². The maximum absolute atomic E-state index is 5.63. The highest BCUT2D eigenvalue weighted by Crippen LogP contribution is 2.33. The van der Waals surface area contributed by atoms with Crippen molar-refractivity contribution in [1.82, 2.24) is 9.55 Å². The molecular weight excluding hydrogens is 288 g/mol. The highest BCUT2D eigenvalue weighted by atomic mass is 16.5. The largest absolute Gasteiger partial charge is 0.496 e. The van der Waals surface area contributed by atoms with Crippen molar-refractivity contribution in [3.05, 3.63) is 35.7 Å². The molecule has 0 aliphatic carbocycles. The Labute approximate surface area is 138 Å². The molecule has 1 aromatic heterocycles. The van der Waals surface area contributed by atoms with Gasteiger partial charge in [-0.15, -0.1) is 0 Å². The second-order valence-electron chi connectivity index (χ2n) is 6.48. The van der Waals surface area contributed by atoms with Crippen molar-refractivity contribution in [3.8, 4) is 17.1 Å². The zero-order chi connectivity index (χ0) is 16.2. The van der Waals surface area contributed by atoms with Gasteiger partial charge in [0.05, 0.1) is 12.7 Å². The molecule has 1 aliphatic rings. The fourth-order valence-electron chi connectivity index (χ4n) is 3.48. The molecule has 0 amide bonds. The topological polar surface area (TPSA) is 36.3 Å². The van der Waals surface area contributed by atoms with E-state index < -0.39 is 0 Å². The lowest BCUT2D eigenvalue weighted by atomic mass is 9.98. The Morgan fingerprint density at radius 2 is 2.22 bits per heavy atom. The molecule has 4 nitrogen and oxygen atoms in total. The Bertz CT molecular complexity index is 657. The first kappa shape index (κ1) is 16.1. The number of aromatic nitrogens is 2. The summed E-state index contributed by atoms with van der Waals surface area (Å²) in [4.78, 5) is 4.59. The van der Waals surface area contributed by atoms with Crippen LogP contribution in [-0.2, 0) is 11.3 Å². The number of imidazole rings is 1. The second-order valence-corrected chi connectivity index (χ2v) is 6.48. The van der Waals surface area contributed by atoms with E-state index in [1.54, 1.807) is 7.11 Å². The van der Waals surface area contributed by atoms with E-state index in [9.17, 15) is 0 Å². The Morgan fingerprint density at radius 1 is 1.35 bits per heavy atom. The van der Waals surface area contributed by atoms with E-state index in [1.165, 1.54) is 18.4 Å². The number of ether oxygens (including phenoxy) is 2. The molecule has 1 saturated heterocycles. The highest BCUT2D eigenvalue weighted by molar-refractivity contribution is 5.68. The van der Waals surface area contributed by atoms with E-state index >= 15 is 0 Å². The summed E-state index contributed by atoms with van der Waals surface area (Å²) >= 11 is 0. The van der Waals surface area contributed by atoms with Crippen molar-refractivity contribution in [2.45, 2.75) is 39.7 Å². The van der Waals surface area contributed by atoms with E-state index in [0.29, 0.717) is 5.92 Å². The van der Waals surface area contributed by atoms with Gasteiger partial charge in [0.15, 0.2) is 0 Å². The molecule has 4 heteroatoms. The minimum atomic E-state index is 0.667. The van der Waals surface area contributed by atoms with Crippen LogP contribution in [0.2, 0.25) is 0 Å². The van der Waals surface area contributed by atoms with E-state index in [2.05, 4.69) is 41.7 Å². The number of nitrogens with zero attached hydrogens (tertiary/aromatic N) is 2. The molecule has 0 spiro atoms. The summed E-state index contributed by atoms with van der Waals surface area (Å²) in [6.45, 7) is 6.99. The van der Waals surface area contributed by atoms with Crippen LogP contribution in [0.1, 0.15) is 30.4 Å². The first-order valence-electron chi connectivity index (χ1n) is 8.43.